The van der Waals surface area contributed by atoms with Crippen molar-refractivity contribution >= 4 is 16.9 Å². The van der Waals surface area contributed by atoms with Crippen molar-refractivity contribution in [1.82, 2.24) is 14.5 Å². The van der Waals surface area contributed by atoms with E-state index in [9.17, 15) is 9.59 Å². The molecule has 22 heavy (non-hydrogen) atoms. The van der Waals surface area contributed by atoms with Gasteiger partial charge in [-0.3, -0.25) is 13.9 Å². The molecule has 0 fully saturated rings. The highest BCUT2D eigenvalue weighted by Gasteiger charge is 2.19. The Balaban J connectivity index is 2.13. The number of hydrogen-bond acceptors (Lipinski definition) is 3. The predicted molar refractivity (Wildman–Crippen MR) is 85.7 cm³/mol. The second-order valence-corrected chi connectivity index (χ2v) is 6.33. The molecular formula is C16H23N3O3. The van der Waals surface area contributed by atoms with Crippen LogP contribution in [0.5, 0.6) is 0 Å². The number of aromatic nitrogens is 2. The first-order valence-corrected chi connectivity index (χ1v) is 7.37. The molecule has 0 radical (unpaired) electrons. The van der Waals surface area contributed by atoms with Crippen molar-refractivity contribution in [2.45, 2.75) is 26.8 Å². The number of hydrogen-bond donors (Lipinski definition) is 2. The molecule has 0 saturated carbocycles. The molecule has 1 aromatic heterocycles. The summed E-state index contributed by atoms with van der Waals surface area (Å²) in [4.78, 5) is 24.4. The summed E-state index contributed by atoms with van der Waals surface area (Å²) in [5.74, 6) is -0.204. The second kappa shape index (κ2) is 6.36. The molecule has 2 N–H and O–H groups in total. The monoisotopic (exact) mass is 305 g/mol. The lowest BCUT2D eigenvalue weighted by atomic mass is 9.90. The molecule has 0 aliphatic rings. The topological polar surface area (TPSA) is 76.3 Å². The van der Waals surface area contributed by atoms with Gasteiger partial charge in [0.1, 0.15) is 6.54 Å². The smallest absolute Gasteiger partial charge is 0.329 e. The molecule has 6 heteroatoms. The fraction of sp³-hybridized carbons (Fsp3) is 0.500. The van der Waals surface area contributed by atoms with E-state index in [1.165, 1.54) is 9.13 Å². The van der Waals surface area contributed by atoms with Gasteiger partial charge in [-0.25, -0.2) is 4.79 Å². The van der Waals surface area contributed by atoms with Crippen LogP contribution in [0.4, 0.5) is 0 Å². The van der Waals surface area contributed by atoms with Gasteiger partial charge in [0.15, 0.2) is 0 Å². The number of carbonyl (C=O) groups is 1. The molecule has 1 amide bonds. The summed E-state index contributed by atoms with van der Waals surface area (Å²) in [6.07, 6.45) is 0.613. The molecule has 0 atom stereocenters. The van der Waals surface area contributed by atoms with Crippen molar-refractivity contribution in [3.8, 4) is 0 Å². The SMILES string of the molecule is Cn1c(=O)n(CC(=O)NCC(C)(C)CCO)c2ccccc21. The molecule has 2 aromatic rings. The van der Waals surface area contributed by atoms with Gasteiger partial charge in [0.2, 0.25) is 5.91 Å². The van der Waals surface area contributed by atoms with Crippen molar-refractivity contribution in [3.05, 3.63) is 34.7 Å². The Morgan fingerprint density at radius 2 is 1.91 bits per heavy atom. The maximum Gasteiger partial charge on any atom is 0.329 e. The van der Waals surface area contributed by atoms with Gasteiger partial charge in [-0.2, -0.15) is 0 Å². The van der Waals surface area contributed by atoms with E-state index in [4.69, 9.17) is 5.11 Å². The summed E-state index contributed by atoms with van der Waals surface area (Å²) in [5, 5.41) is 11.8. The number of aliphatic hydroxyl groups is 1. The lowest BCUT2D eigenvalue weighted by molar-refractivity contribution is -0.122. The second-order valence-electron chi connectivity index (χ2n) is 6.33. The van der Waals surface area contributed by atoms with E-state index in [1.54, 1.807) is 7.05 Å². The van der Waals surface area contributed by atoms with Crippen LogP contribution in [0.3, 0.4) is 0 Å². The van der Waals surface area contributed by atoms with Crippen LogP contribution in [-0.2, 0) is 18.4 Å². The van der Waals surface area contributed by atoms with Crippen LogP contribution < -0.4 is 11.0 Å². The van der Waals surface area contributed by atoms with Gasteiger partial charge in [0.05, 0.1) is 11.0 Å². The zero-order valence-electron chi connectivity index (χ0n) is 13.3. The van der Waals surface area contributed by atoms with Gasteiger partial charge in [0.25, 0.3) is 0 Å². The minimum atomic E-state index is -0.204. The summed E-state index contributed by atoms with van der Waals surface area (Å²) in [6, 6.07) is 7.40. The summed E-state index contributed by atoms with van der Waals surface area (Å²) in [7, 11) is 1.70. The number of amides is 1. The van der Waals surface area contributed by atoms with E-state index in [-0.39, 0.29) is 30.2 Å². The van der Waals surface area contributed by atoms with Crippen LogP contribution >= 0.6 is 0 Å². The third-order valence-corrected chi connectivity index (χ3v) is 3.91. The molecule has 0 unspecified atom stereocenters. The average molecular weight is 305 g/mol. The molecule has 0 aliphatic heterocycles. The zero-order chi connectivity index (χ0) is 16.3. The lowest BCUT2D eigenvalue weighted by Gasteiger charge is -2.23. The molecule has 0 bridgehead atoms. The Labute approximate surface area is 129 Å². The van der Waals surface area contributed by atoms with E-state index < -0.39 is 0 Å². The van der Waals surface area contributed by atoms with E-state index >= 15 is 0 Å². The molecule has 2 rings (SSSR count). The minimum Gasteiger partial charge on any atom is -0.396 e. The summed E-state index contributed by atoms with van der Waals surface area (Å²) in [5.41, 5.74) is 1.18. The summed E-state index contributed by atoms with van der Waals surface area (Å²) in [6.45, 7) is 4.51. The molecule has 6 nitrogen and oxygen atoms in total. The number of rotatable bonds is 6. The Kier molecular flexibility index (Phi) is 4.71. The fourth-order valence-electron chi connectivity index (χ4n) is 2.44. The number of aryl methyl sites for hydroxylation is 1. The van der Waals surface area contributed by atoms with Gasteiger partial charge < -0.3 is 10.4 Å². The van der Waals surface area contributed by atoms with E-state index in [0.717, 1.165) is 11.0 Å². The van der Waals surface area contributed by atoms with Crippen molar-refractivity contribution in [1.29, 1.82) is 0 Å². The average Bonchev–Trinajstić information content (AvgIpc) is 2.71. The van der Waals surface area contributed by atoms with Gasteiger partial charge in [-0.05, 0) is 24.0 Å². The van der Waals surface area contributed by atoms with Gasteiger partial charge in [0, 0.05) is 20.2 Å². The van der Waals surface area contributed by atoms with Crippen LogP contribution in [-0.4, -0.2) is 33.3 Å². The molecule has 0 saturated heterocycles. The Morgan fingerprint density at radius 1 is 1.27 bits per heavy atom. The lowest BCUT2D eigenvalue weighted by Crippen LogP contribution is -2.38. The van der Waals surface area contributed by atoms with Gasteiger partial charge in [-0.1, -0.05) is 26.0 Å². The van der Waals surface area contributed by atoms with Crippen LogP contribution in [0.2, 0.25) is 0 Å². The largest absolute Gasteiger partial charge is 0.396 e. The third-order valence-electron chi connectivity index (χ3n) is 3.91. The van der Waals surface area contributed by atoms with E-state index in [0.29, 0.717) is 13.0 Å². The molecule has 1 aromatic carbocycles. The standard InChI is InChI=1S/C16H23N3O3/c1-16(2,8-9-20)11-17-14(21)10-19-13-7-5-4-6-12(13)18(3)15(19)22/h4-7,20H,8-11H2,1-3H3,(H,17,21). The number of nitrogens with zero attached hydrogens (tertiary/aromatic N) is 2. The van der Waals surface area contributed by atoms with E-state index in [2.05, 4.69) is 5.32 Å². The molecule has 0 spiro atoms. The number of para-hydroxylation sites is 2. The number of carbonyl (C=O) groups excluding carboxylic acids is 1. The highest BCUT2D eigenvalue weighted by atomic mass is 16.3. The van der Waals surface area contributed by atoms with Crippen molar-refractivity contribution < 1.29 is 9.90 Å². The summed E-state index contributed by atoms with van der Waals surface area (Å²) >= 11 is 0. The number of nitrogens with one attached hydrogen (secondary N) is 1. The van der Waals surface area contributed by atoms with Crippen LogP contribution in [0.25, 0.3) is 11.0 Å². The van der Waals surface area contributed by atoms with Crippen molar-refractivity contribution in [3.63, 3.8) is 0 Å². The first-order chi connectivity index (χ1) is 10.4. The Morgan fingerprint density at radius 3 is 2.55 bits per heavy atom. The maximum atomic E-state index is 12.2. The van der Waals surface area contributed by atoms with E-state index in [1.807, 2.05) is 38.1 Å². The zero-order valence-corrected chi connectivity index (χ0v) is 13.3. The maximum absolute atomic E-state index is 12.2. The predicted octanol–water partition coefficient (Wildman–Crippen LogP) is 0.865. The van der Waals surface area contributed by atoms with Crippen molar-refractivity contribution in [2.75, 3.05) is 13.2 Å². The molecular weight excluding hydrogens is 282 g/mol. The van der Waals surface area contributed by atoms with Gasteiger partial charge in [-0.15, -0.1) is 0 Å². The number of fused-ring (bicyclic) bond motifs is 1. The number of benzene rings is 1. The molecule has 120 valence electrons. The normalized spacial score (nSPS) is 11.8. The van der Waals surface area contributed by atoms with Crippen molar-refractivity contribution in [2.24, 2.45) is 12.5 Å². The Bertz CT molecular complexity index is 728. The quantitative estimate of drug-likeness (QED) is 0.831. The Hall–Kier alpha value is -2.08. The van der Waals surface area contributed by atoms with Crippen LogP contribution in [0.15, 0.2) is 29.1 Å². The van der Waals surface area contributed by atoms with Crippen LogP contribution in [0.1, 0.15) is 20.3 Å². The summed E-state index contributed by atoms with van der Waals surface area (Å²) < 4.78 is 3.02. The first-order valence-electron chi connectivity index (χ1n) is 7.37. The fourth-order valence-corrected chi connectivity index (χ4v) is 2.44. The highest BCUT2D eigenvalue weighted by Crippen LogP contribution is 2.18. The number of aliphatic hydroxyl groups excluding tert-OH is 1. The molecule has 1 heterocycles. The number of imidazole rings is 1. The van der Waals surface area contributed by atoms with Gasteiger partial charge >= 0.3 is 5.69 Å². The van der Waals surface area contributed by atoms with Crippen LogP contribution in [0, 0.1) is 5.41 Å². The third kappa shape index (κ3) is 3.39. The first kappa shape index (κ1) is 16.3. The highest BCUT2D eigenvalue weighted by molar-refractivity contribution is 5.80. The minimum absolute atomic E-state index is 0.00457. The molecule has 0 aliphatic carbocycles.